The van der Waals surface area contributed by atoms with Crippen LogP contribution in [0.25, 0.3) is 0 Å². The molecule has 0 aromatic heterocycles. The maximum Gasteiger partial charge on any atom is 0.228 e. The first-order chi connectivity index (χ1) is 9.67. The van der Waals surface area contributed by atoms with E-state index in [0.717, 1.165) is 38.9 Å². The Labute approximate surface area is 121 Å². The van der Waals surface area contributed by atoms with Crippen molar-refractivity contribution in [3.05, 3.63) is 0 Å². The van der Waals surface area contributed by atoms with Crippen molar-refractivity contribution < 1.29 is 9.59 Å². The van der Waals surface area contributed by atoms with E-state index in [4.69, 9.17) is 0 Å². The lowest BCUT2D eigenvalue weighted by Crippen LogP contribution is -2.48. The Hall–Kier alpha value is -1.10. The van der Waals surface area contributed by atoms with Crippen molar-refractivity contribution in [1.29, 1.82) is 0 Å². The van der Waals surface area contributed by atoms with Crippen LogP contribution in [-0.2, 0) is 9.59 Å². The summed E-state index contributed by atoms with van der Waals surface area (Å²) in [6, 6.07) is 0.356. The number of hydrogen-bond donors (Lipinski definition) is 1. The zero-order valence-corrected chi connectivity index (χ0v) is 12.7. The van der Waals surface area contributed by atoms with Crippen LogP contribution in [0.4, 0.5) is 0 Å². The van der Waals surface area contributed by atoms with Gasteiger partial charge < -0.3 is 15.1 Å². The van der Waals surface area contributed by atoms with Crippen LogP contribution in [0.1, 0.15) is 39.5 Å². The van der Waals surface area contributed by atoms with Gasteiger partial charge in [-0.25, -0.2) is 0 Å². The van der Waals surface area contributed by atoms with Crippen molar-refractivity contribution in [3.8, 4) is 0 Å². The molecule has 2 fully saturated rings. The van der Waals surface area contributed by atoms with Gasteiger partial charge in [0, 0.05) is 32.1 Å². The molecule has 2 aliphatic heterocycles. The first-order valence-electron chi connectivity index (χ1n) is 7.96. The average molecular weight is 281 g/mol. The summed E-state index contributed by atoms with van der Waals surface area (Å²) in [6.07, 6.45) is 3.44. The molecule has 1 unspecified atom stereocenters. The average Bonchev–Trinajstić information content (AvgIpc) is 2.86. The molecular weight excluding hydrogens is 254 g/mol. The maximum absolute atomic E-state index is 12.8. The molecule has 0 radical (unpaired) electrons. The van der Waals surface area contributed by atoms with Gasteiger partial charge in [-0.2, -0.15) is 0 Å². The third-order valence-corrected chi connectivity index (χ3v) is 4.44. The normalized spacial score (nSPS) is 24.2. The smallest absolute Gasteiger partial charge is 0.228 e. The van der Waals surface area contributed by atoms with E-state index >= 15 is 0 Å². The van der Waals surface area contributed by atoms with Crippen molar-refractivity contribution in [1.82, 2.24) is 15.1 Å². The van der Waals surface area contributed by atoms with Crippen LogP contribution < -0.4 is 5.32 Å². The lowest BCUT2D eigenvalue weighted by atomic mass is 10.0. The van der Waals surface area contributed by atoms with Crippen molar-refractivity contribution in [2.24, 2.45) is 5.92 Å². The van der Waals surface area contributed by atoms with E-state index in [0.29, 0.717) is 25.6 Å². The molecular formula is C15H27N3O2. The fourth-order valence-corrected chi connectivity index (χ4v) is 3.31. The van der Waals surface area contributed by atoms with Gasteiger partial charge in [0.15, 0.2) is 0 Å². The number of piperidine rings is 1. The highest BCUT2D eigenvalue weighted by molar-refractivity contribution is 5.89. The molecule has 2 aliphatic rings. The van der Waals surface area contributed by atoms with E-state index in [1.54, 1.807) is 4.90 Å². The quantitative estimate of drug-likeness (QED) is 0.812. The predicted octanol–water partition coefficient (Wildman–Crippen LogP) is 0.845. The highest BCUT2D eigenvalue weighted by Gasteiger charge is 2.37. The van der Waals surface area contributed by atoms with Crippen molar-refractivity contribution in [3.63, 3.8) is 0 Å². The van der Waals surface area contributed by atoms with Gasteiger partial charge in [-0.1, -0.05) is 6.92 Å². The largest absolute Gasteiger partial charge is 0.342 e. The Morgan fingerprint density at radius 1 is 1.35 bits per heavy atom. The van der Waals surface area contributed by atoms with Crippen LogP contribution in [-0.4, -0.2) is 60.4 Å². The number of nitrogens with zero attached hydrogens (tertiary/aromatic N) is 2. The molecule has 0 aliphatic carbocycles. The summed E-state index contributed by atoms with van der Waals surface area (Å²) in [4.78, 5) is 28.4. The molecule has 2 saturated heterocycles. The molecule has 1 N–H and O–H groups in total. The van der Waals surface area contributed by atoms with Gasteiger partial charge in [-0.05, 0) is 39.3 Å². The van der Waals surface area contributed by atoms with Crippen LogP contribution in [0.2, 0.25) is 0 Å². The molecule has 5 nitrogen and oxygen atoms in total. The number of hydrogen-bond acceptors (Lipinski definition) is 3. The van der Waals surface area contributed by atoms with Crippen LogP contribution in [0.3, 0.4) is 0 Å². The number of rotatable bonds is 5. The number of likely N-dealkylation sites (tertiary alicyclic amines) is 1. The molecule has 20 heavy (non-hydrogen) atoms. The number of nitrogens with one attached hydrogen (secondary N) is 1. The SMILES string of the molecule is CCCN(C(=O)C1CC(=O)N(CC)C1)C1CCNCC1. The molecule has 0 aromatic rings. The van der Waals surface area contributed by atoms with Gasteiger partial charge in [-0.3, -0.25) is 9.59 Å². The van der Waals surface area contributed by atoms with Crippen LogP contribution in [0.5, 0.6) is 0 Å². The first-order valence-corrected chi connectivity index (χ1v) is 7.96. The van der Waals surface area contributed by atoms with Crippen molar-refractivity contribution in [2.75, 3.05) is 32.7 Å². The lowest BCUT2D eigenvalue weighted by Gasteiger charge is -2.36. The molecule has 0 aromatic carbocycles. The molecule has 2 heterocycles. The zero-order chi connectivity index (χ0) is 14.5. The second-order valence-electron chi connectivity index (χ2n) is 5.85. The molecule has 0 spiro atoms. The van der Waals surface area contributed by atoms with Gasteiger partial charge in [0.25, 0.3) is 0 Å². The summed E-state index contributed by atoms with van der Waals surface area (Å²) in [7, 11) is 0. The number of carbonyl (C=O) groups is 2. The maximum atomic E-state index is 12.8. The number of amides is 2. The fourth-order valence-electron chi connectivity index (χ4n) is 3.31. The predicted molar refractivity (Wildman–Crippen MR) is 78.3 cm³/mol. The van der Waals surface area contributed by atoms with Crippen LogP contribution in [0.15, 0.2) is 0 Å². The molecule has 2 rings (SSSR count). The summed E-state index contributed by atoms with van der Waals surface area (Å²) in [6.45, 7) is 8.20. The Morgan fingerprint density at radius 3 is 2.60 bits per heavy atom. The lowest BCUT2D eigenvalue weighted by molar-refractivity contribution is -0.138. The summed E-state index contributed by atoms with van der Waals surface area (Å²) in [5.41, 5.74) is 0. The Morgan fingerprint density at radius 2 is 2.05 bits per heavy atom. The third-order valence-electron chi connectivity index (χ3n) is 4.44. The van der Waals surface area contributed by atoms with Crippen LogP contribution in [0, 0.1) is 5.92 Å². The molecule has 0 bridgehead atoms. The highest BCUT2D eigenvalue weighted by atomic mass is 16.2. The van der Waals surface area contributed by atoms with Gasteiger partial charge in [0.2, 0.25) is 11.8 Å². The zero-order valence-electron chi connectivity index (χ0n) is 12.7. The number of carbonyl (C=O) groups excluding carboxylic acids is 2. The van der Waals surface area contributed by atoms with Gasteiger partial charge in [0.1, 0.15) is 0 Å². The summed E-state index contributed by atoms with van der Waals surface area (Å²) in [5, 5.41) is 3.34. The van der Waals surface area contributed by atoms with E-state index in [1.807, 2.05) is 6.92 Å². The molecule has 2 amide bonds. The van der Waals surface area contributed by atoms with E-state index in [9.17, 15) is 9.59 Å². The molecule has 5 heteroatoms. The standard InChI is InChI=1S/C15H27N3O2/c1-3-9-18(13-5-7-16-8-6-13)15(20)12-10-14(19)17(4-2)11-12/h12-13,16H,3-11H2,1-2H3. The van der Waals surface area contributed by atoms with E-state index in [1.165, 1.54) is 0 Å². The summed E-state index contributed by atoms with van der Waals surface area (Å²) >= 11 is 0. The molecule has 114 valence electrons. The van der Waals surface area contributed by atoms with Crippen LogP contribution >= 0.6 is 0 Å². The minimum atomic E-state index is -0.121. The Balaban J connectivity index is 2.01. The summed E-state index contributed by atoms with van der Waals surface area (Å²) < 4.78 is 0. The van der Waals surface area contributed by atoms with Crippen molar-refractivity contribution in [2.45, 2.75) is 45.6 Å². The van der Waals surface area contributed by atoms with Gasteiger partial charge in [-0.15, -0.1) is 0 Å². The fraction of sp³-hybridized carbons (Fsp3) is 0.867. The molecule has 1 atom stereocenters. The second-order valence-corrected chi connectivity index (χ2v) is 5.85. The van der Waals surface area contributed by atoms with E-state index in [2.05, 4.69) is 17.1 Å². The highest BCUT2D eigenvalue weighted by Crippen LogP contribution is 2.23. The second kappa shape index (κ2) is 7.07. The topological polar surface area (TPSA) is 52.7 Å². The van der Waals surface area contributed by atoms with E-state index in [-0.39, 0.29) is 17.7 Å². The minimum Gasteiger partial charge on any atom is -0.342 e. The van der Waals surface area contributed by atoms with Crippen molar-refractivity contribution >= 4 is 11.8 Å². The Bertz CT molecular complexity index is 353. The Kier molecular flexibility index (Phi) is 5.40. The molecule has 0 saturated carbocycles. The first kappa shape index (κ1) is 15.3. The van der Waals surface area contributed by atoms with Gasteiger partial charge >= 0.3 is 0 Å². The van der Waals surface area contributed by atoms with Gasteiger partial charge in [0.05, 0.1) is 5.92 Å². The third kappa shape index (κ3) is 3.32. The summed E-state index contributed by atoms with van der Waals surface area (Å²) in [5.74, 6) is 0.208. The monoisotopic (exact) mass is 281 g/mol. The van der Waals surface area contributed by atoms with E-state index < -0.39 is 0 Å². The minimum absolute atomic E-state index is 0.121.